The molecule has 0 saturated carbocycles. The predicted octanol–water partition coefficient (Wildman–Crippen LogP) is 4.78. The van der Waals surface area contributed by atoms with Crippen LogP contribution in [-0.2, 0) is 4.79 Å². The first-order valence-electron chi connectivity index (χ1n) is 10.0. The summed E-state index contributed by atoms with van der Waals surface area (Å²) in [5.41, 5.74) is 4.61. The Bertz CT molecular complexity index is 1180. The predicted molar refractivity (Wildman–Crippen MR) is 127 cm³/mol. The lowest BCUT2D eigenvalue weighted by Gasteiger charge is -2.29. The summed E-state index contributed by atoms with van der Waals surface area (Å²) in [4.78, 5) is 25.0. The van der Waals surface area contributed by atoms with Gasteiger partial charge in [0.05, 0.1) is 15.9 Å². The first-order valence-corrected chi connectivity index (χ1v) is 11.3. The highest BCUT2D eigenvalue weighted by molar-refractivity contribution is 8.26. The maximum absolute atomic E-state index is 12.0. The molecule has 2 aliphatic rings. The quantitative estimate of drug-likeness (QED) is 0.475. The molecule has 0 aliphatic carbocycles. The van der Waals surface area contributed by atoms with Crippen LogP contribution in [0.4, 0.5) is 5.82 Å². The maximum Gasteiger partial charge on any atom is 0.263 e. The molecule has 0 bridgehead atoms. The van der Waals surface area contributed by atoms with Gasteiger partial charge in [0.1, 0.15) is 10.0 Å². The van der Waals surface area contributed by atoms with Gasteiger partial charge in [0.2, 0.25) is 0 Å². The van der Waals surface area contributed by atoms with Crippen LogP contribution in [0.25, 0.3) is 28.4 Å². The van der Waals surface area contributed by atoms with E-state index >= 15 is 0 Å². The van der Waals surface area contributed by atoms with Crippen molar-refractivity contribution in [2.45, 2.75) is 19.3 Å². The summed E-state index contributed by atoms with van der Waals surface area (Å²) >= 11 is 6.39. The van der Waals surface area contributed by atoms with Crippen LogP contribution in [-0.4, -0.2) is 33.3 Å². The van der Waals surface area contributed by atoms with E-state index in [4.69, 9.17) is 22.2 Å². The van der Waals surface area contributed by atoms with Gasteiger partial charge < -0.3 is 10.2 Å². The van der Waals surface area contributed by atoms with E-state index in [-0.39, 0.29) is 5.91 Å². The van der Waals surface area contributed by atoms with Gasteiger partial charge in [0.25, 0.3) is 5.91 Å². The second-order valence-corrected chi connectivity index (χ2v) is 9.13. The Morgan fingerprint density at radius 2 is 1.77 bits per heavy atom. The van der Waals surface area contributed by atoms with E-state index in [9.17, 15) is 4.79 Å². The summed E-state index contributed by atoms with van der Waals surface area (Å²) < 4.78 is 0.496. The molecule has 7 heteroatoms. The normalized spacial score (nSPS) is 18.3. The molecule has 30 heavy (non-hydrogen) atoms. The zero-order valence-electron chi connectivity index (χ0n) is 16.3. The number of hydrogen-bond donors (Lipinski definition) is 1. The van der Waals surface area contributed by atoms with Gasteiger partial charge >= 0.3 is 0 Å². The van der Waals surface area contributed by atoms with Gasteiger partial charge in [-0.2, -0.15) is 0 Å². The maximum atomic E-state index is 12.0. The number of carbonyl (C=O) groups is 1. The molecular weight excluding hydrogens is 412 g/mol. The molecule has 0 radical (unpaired) electrons. The number of hydrogen-bond acceptors (Lipinski definition) is 6. The fourth-order valence-electron chi connectivity index (χ4n) is 3.86. The summed E-state index contributed by atoms with van der Waals surface area (Å²) in [5, 5.41) is 2.66. The number of rotatable bonds is 3. The minimum Gasteiger partial charge on any atom is -0.355 e. The van der Waals surface area contributed by atoms with Crippen LogP contribution in [0.2, 0.25) is 0 Å². The summed E-state index contributed by atoms with van der Waals surface area (Å²) in [6.45, 7) is 2.00. The first-order chi connectivity index (χ1) is 14.7. The number of nitrogens with zero attached hydrogens (tertiary/aromatic N) is 3. The van der Waals surface area contributed by atoms with Crippen molar-refractivity contribution in [1.29, 1.82) is 0 Å². The van der Waals surface area contributed by atoms with Crippen LogP contribution in [0.5, 0.6) is 0 Å². The zero-order chi connectivity index (χ0) is 20.5. The number of benzene rings is 2. The van der Waals surface area contributed by atoms with Gasteiger partial charge in [-0.25, -0.2) is 9.97 Å². The molecule has 1 aromatic heterocycles. The van der Waals surface area contributed by atoms with Gasteiger partial charge in [0, 0.05) is 18.7 Å². The number of piperidine rings is 1. The summed E-state index contributed by atoms with van der Waals surface area (Å²) in [6.07, 6.45) is 5.48. The standard InChI is InChI=1S/C23H20N4OS2/c28-22-19(30-23(29)26-22)14-15-7-6-8-16(13-15)20-21(27-11-4-1-5-12-27)25-18-10-3-2-9-17(18)24-20/h2-3,6-10,13-14H,1,4-5,11-12H2,(H,26,28,29)/b19-14-. The van der Waals surface area contributed by atoms with Crippen LogP contribution in [0.1, 0.15) is 24.8 Å². The molecule has 5 nitrogen and oxygen atoms in total. The topological polar surface area (TPSA) is 58.1 Å². The van der Waals surface area contributed by atoms with Gasteiger partial charge in [-0.1, -0.05) is 54.3 Å². The third-order valence-corrected chi connectivity index (χ3v) is 6.47. The molecule has 0 unspecified atom stereocenters. The van der Waals surface area contributed by atoms with E-state index in [0.29, 0.717) is 9.23 Å². The minimum atomic E-state index is -0.144. The number of carbonyl (C=O) groups excluding carboxylic acids is 1. The molecule has 2 aromatic carbocycles. The lowest BCUT2D eigenvalue weighted by atomic mass is 10.1. The number of aromatic nitrogens is 2. The number of amides is 1. The van der Waals surface area contributed by atoms with Crippen molar-refractivity contribution in [2.75, 3.05) is 18.0 Å². The molecule has 1 N–H and O–H groups in total. The third kappa shape index (κ3) is 3.82. The molecule has 0 atom stereocenters. The van der Waals surface area contributed by atoms with E-state index in [1.807, 2.05) is 42.5 Å². The van der Waals surface area contributed by atoms with E-state index < -0.39 is 0 Å². The van der Waals surface area contributed by atoms with Gasteiger partial charge in [-0.3, -0.25) is 4.79 Å². The Hall–Kier alpha value is -2.77. The summed E-state index contributed by atoms with van der Waals surface area (Å²) in [5.74, 6) is 0.794. The van der Waals surface area contributed by atoms with Crippen LogP contribution in [0.15, 0.2) is 53.4 Å². The molecule has 2 saturated heterocycles. The number of fused-ring (bicyclic) bond motifs is 1. The first kappa shape index (κ1) is 19.2. The van der Waals surface area contributed by atoms with E-state index in [1.165, 1.54) is 31.0 Å². The Labute approximate surface area is 184 Å². The van der Waals surface area contributed by atoms with Gasteiger partial charge in [0.15, 0.2) is 5.82 Å². The average Bonchev–Trinajstić information content (AvgIpc) is 3.10. The highest BCUT2D eigenvalue weighted by Crippen LogP contribution is 2.33. The Morgan fingerprint density at radius 3 is 2.50 bits per heavy atom. The monoisotopic (exact) mass is 432 g/mol. The lowest BCUT2D eigenvalue weighted by molar-refractivity contribution is -0.115. The Morgan fingerprint density at radius 1 is 1.00 bits per heavy atom. The zero-order valence-corrected chi connectivity index (χ0v) is 17.9. The SMILES string of the molecule is O=C1NC(=S)S/C1=C\c1cccc(-c2nc3ccccc3nc2N2CCCCC2)c1. The fraction of sp³-hybridized carbons (Fsp3) is 0.217. The number of thioether (sulfide) groups is 1. The van der Waals surface area contributed by atoms with Crippen LogP contribution in [0.3, 0.4) is 0 Å². The molecular formula is C23H20N4OS2. The molecule has 0 spiro atoms. The second-order valence-electron chi connectivity index (χ2n) is 7.41. The molecule has 150 valence electrons. The van der Waals surface area contributed by atoms with Crippen molar-refractivity contribution < 1.29 is 4.79 Å². The lowest BCUT2D eigenvalue weighted by Crippen LogP contribution is -2.30. The second kappa shape index (κ2) is 8.16. The highest BCUT2D eigenvalue weighted by atomic mass is 32.2. The Balaban J connectivity index is 1.61. The fourth-order valence-corrected chi connectivity index (χ4v) is 4.90. The molecule has 3 heterocycles. The van der Waals surface area contributed by atoms with Crippen molar-refractivity contribution in [2.24, 2.45) is 0 Å². The molecule has 2 aliphatic heterocycles. The van der Waals surface area contributed by atoms with Crippen LogP contribution >= 0.6 is 24.0 Å². The molecule has 2 fully saturated rings. The minimum absolute atomic E-state index is 0.144. The largest absolute Gasteiger partial charge is 0.355 e. The van der Waals surface area contributed by atoms with E-state index in [2.05, 4.69) is 22.3 Å². The highest BCUT2D eigenvalue weighted by Gasteiger charge is 2.23. The third-order valence-electron chi connectivity index (χ3n) is 5.31. The van der Waals surface area contributed by atoms with Crippen molar-refractivity contribution >= 4 is 57.1 Å². The Kier molecular flexibility index (Phi) is 5.23. The van der Waals surface area contributed by atoms with Crippen LogP contribution < -0.4 is 10.2 Å². The number of para-hydroxylation sites is 2. The number of thiocarbonyl (C=S) groups is 1. The van der Waals surface area contributed by atoms with E-state index in [1.54, 1.807) is 0 Å². The number of anilines is 1. The van der Waals surface area contributed by atoms with Crippen molar-refractivity contribution in [3.63, 3.8) is 0 Å². The van der Waals surface area contributed by atoms with E-state index in [0.717, 1.165) is 46.8 Å². The molecule has 5 rings (SSSR count). The van der Waals surface area contributed by atoms with Gasteiger partial charge in [-0.05, 0) is 49.1 Å². The smallest absolute Gasteiger partial charge is 0.263 e. The molecule has 1 amide bonds. The van der Waals surface area contributed by atoms with Crippen molar-refractivity contribution in [3.05, 3.63) is 59.0 Å². The average molecular weight is 433 g/mol. The van der Waals surface area contributed by atoms with Crippen LogP contribution in [0, 0.1) is 0 Å². The molecule has 3 aromatic rings. The summed E-state index contributed by atoms with van der Waals surface area (Å²) in [6, 6.07) is 16.1. The number of nitrogens with one attached hydrogen (secondary N) is 1. The summed E-state index contributed by atoms with van der Waals surface area (Å²) in [7, 11) is 0. The van der Waals surface area contributed by atoms with Gasteiger partial charge in [-0.15, -0.1) is 0 Å². The van der Waals surface area contributed by atoms with Crippen molar-refractivity contribution in [1.82, 2.24) is 15.3 Å². The van der Waals surface area contributed by atoms with Crippen molar-refractivity contribution in [3.8, 4) is 11.3 Å².